The van der Waals surface area contributed by atoms with Crippen LogP contribution in [-0.2, 0) is 25.4 Å². The third kappa shape index (κ3) is 3.84. The second kappa shape index (κ2) is 8.11. The van der Waals surface area contributed by atoms with Crippen LogP contribution in [0.2, 0.25) is 0 Å². The molecule has 0 saturated carbocycles. The highest BCUT2D eigenvalue weighted by Crippen LogP contribution is 2.31. The van der Waals surface area contributed by atoms with Gasteiger partial charge in [0.2, 0.25) is 0 Å². The van der Waals surface area contributed by atoms with Crippen LogP contribution in [0.1, 0.15) is 48.4 Å². The first-order valence-electron chi connectivity index (χ1n) is 11.9. The molecular weight excluding hydrogens is 456 g/mol. The summed E-state index contributed by atoms with van der Waals surface area (Å²) < 4.78 is 7.02. The smallest absolute Gasteiger partial charge is 0.316 e. The van der Waals surface area contributed by atoms with Gasteiger partial charge in [0.15, 0.2) is 11.5 Å². The van der Waals surface area contributed by atoms with Gasteiger partial charge in [0, 0.05) is 43.5 Å². The van der Waals surface area contributed by atoms with E-state index in [0.29, 0.717) is 24.6 Å². The van der Waals surface area contributed by atoms with Crippen LogP contribution in [-0.4, -0.2) is 52.2 Å². The summed E-state index contributed by atoms with van der Waals surface area (Å²) in [4.78, 5) is 31.6. The summed E-state index contributed by atoms with van der Waals surface area (Å²) in [6.45, 7) is 7.05. The van der Waals surface area contributed by atoms with Crippen LogP contribution in [0.15, 0.2) is 47.4 Å². The molecule has 10 heteroatoms. The van der Waals surface area contributed by atoms with Crippen molar-refractivity contribution in [1.82, 2.24) is 39.8 Å². The lowest BCUT2D eigenvalue weighted by atomic mass is 9.94. The quantitative estimate of drug-likeness (QED) is 0.414. The van der Waals surface area contributed by atoms with E-state index in [1.807, 2.05) is 40.1 Å². The lowest BCUT2D eigenvalue weighted by molar-refractivity contribution is 0.0684. The first-order valence-corrected chi connectivity index (χ1v) is 11.9. The Morgan fingerprint density at radius 2 is 1.97 bits per heavy atom. The largest absolute Gasteiger partial charge is 0.336 e. The minimum Gasteiger partial charge on any atom is -0.336 e. The Morgan fingerprint density at radius 3 is 2.72 bits per heavy atom. The van der Waals surface area contributed by atoms with Gasteiger partial charge in [-0.2, -0.15) is 10.1 Å². The fourth-order valence-electron chi connectivity index (χ4n) is 4.48. The maximum Gasteiger partial charge on any atom is 0.316 e. The number of pyridine rings is 1. The molecule has 0 radical (unpaired) electrons. The van der Waals surface area contributed by atoms with Crippen LogP contribution in [0.5, 0.6) is 0 Å². The molecule has 5 heterocycles. The Hall–Kier alpha value is -4.34. The van der Waals surface area contributed by atoms with Crippen molar-refractivity contribution in [2.45, 2.75) is 39.2 Å². The second-order valence-electron chi connectivity index (χ2n) is 10.2. The van der Waals surface area contributed by atoms with E-state index in [9.17, 15) is 4.79 Å². The average molecular weight is 483 g/mol. The van der Waals surface area contributed by atoms with Crippen LogP contribution in [0.3, 0.4) is 0 Å². The maximum atomic E-state index is 13.0. The van der Waals surface area contributed by atoms with E-state index in [2.05, 4.69) is 48.4 Å². The van der Waals surface area contributed by atoms with Gasteiger partial charge in [-0.3, -0.25) is 9.48 Å². The highest BCUT2D eigenvalue weighted by atomic mass is 16.5. The van der Waals surface area contributed by atoms with Gasteiger partial charge in [-0.15, -0.1) is 0 Å². The van der Waals surface area contributed by atoms with Gasteiger partial charge in [-0.05, 0) is 29.2 Å². The fraction of sp³-hybridized carbons (Fsp3) is 0.308. The Labute approximate surface area is 207 Å². The number of nitrogens with one attached hydrogen (secondary N) is 1. The van der Waals surface area contributed by atoms with Crippen LogP contribution >= 0.6 is 0 Å². The van der Waals surface area contributed by atoms with Crippen molar-refractivity contribution < 1.29 is 9.32 Å². The van der Waals surface area contributed by atoms with Gasteiger partial charge in [-0.25, -0.2) is 9.97 Å². The third-order valence-corrected chi connectivity index (χ3v) is 6.47. The second-order valence-corrected chi connectivity index (χ2v) is 10.2. The summed E-state index contributed by atoms with van der Waals surface area (Å²) in [5.41, 5.74) is 6.61. The average Bonchev–Trinajstić information content (AvgIpc) is 3.61. The molecule has 0 atom stereocenters. The number of aromatic amines is 1. The van der Waals surface area contributed by atoms with Crippen molar-refractivity contribution in [1.29, 1.82) is 0 Å². The van der Waals surface area contributed by atoms with Crippen LogP contribution in [0, 0.1) is 0 Å². The van der Waals surface area contributed by atoms with E-state index in [1.54, 1.807) is 22.0 Å². The molecule has 0 spiro atoms. The SMILES string of the molecule is Cn1cc(-c2nc3nccc(-c4ccc5c(c4)CCN(C(=O)c4nc(C(C)(C)C)no4)C5)c3[nH]2)cn1. The van der Waals surface area contributed by atoms with Gasteiger partial charge < -0.3 is 14.4 Å². The zero-order chi connectivity index (χ0) is 25.0. The number of aromatic nitrogens is 7. The van der Waals surface area contributed by atoms with Gasteiger partial charge in [0.05, 0.1) is 17.3 Å². The van der Waals surface area contributed by atoms with Crippen LogP contribution < -0.4 is 0 Å². The standard InChI is InChI=1S/C26H26N8O2/c1-26(2,3)25-31-23(36-32-25)24(35)34-10-8-15-11-16(5-6-17(15)14-34)19-7-9-27-22-20(19)29-21(30-22)18-12-28-33(4)13-18/h5-7,9,11-13H,8,10,14H2,1-4H3,(H,27,29,30). The molecule has 10 nitrogen and oxygen atoms in total. The Morgan fingerprint density at radius 1 is 1.11 bits per heavy atom. The van der Waals surface area contributed by atoms with E-state index in [0.717, 1.165) is 40.0 Å². The number of hydrogen-bond acceptors (Lipinski definition) is 7. The van der Waals surface area contributed by atoms with Gasteiger partial charge in [0.1, 0.15) is 5.82 Å². The number of aryl methyl sites for hydroxylation is 1. The molecular formula is C26H26N8O2. The zero-order valence-corrected chi connectivity index (χ0v) is 20.6. The summed E-state index contributed by atoms with van der Waals surface area (Å²) in [5, 5.41) is 8.23. The van der Waals surface area contributed by atoms with Crippen molar-refractivity contribution in [2.24, 2.45) is 7.05 Å². The molecule has 1 aliphatic rings. The van der Waals surface area contributed by atoms with Crippen molar-refractivity contribution >= 4 is 17.1 Å². The number of rotatable bonds is 3. The number of fused-ring (bicyclic) bond motifs is 2. The summed E-state index contributed by atoms with van der Waals surface area (Å²) in [5.74, 6) is 1.08. The number of imidazole rings is 1. The van der Waals surface area contributed by atoms with E-state index >= 15 is 0 Å². The zero-order valence-electron chi connectivity index (χ0n) is 20.6. The predicted octanol–water partition coefficient (Wildman–Crippen LogP) is 3.90. The molecule has 1 aromatic carbocycles. The van der Waals surface area contributed by atoms with Gasteiger partial charge >= 0.3 is 11.8 Å². The highest BCUT2D eigenvalue weighted by molar-refractivity contribution is 5.92. The lowest BCUT2D eigenvalue weighted by Crippen LogP contribution is -2.36. The molecule has 182 valence electrons. The maximum absolute atomic E-state index is 13.0. The van der Waals surface area contributed by atoms with E-state index < -0.39 is 0 Å². The molecule has 0 aliphatic carbocycles. The molecule has 0 fully saturated rings. The van der Waals surface area contributed by atoms with Crippen LogP contribution in [0.25, 0.3) is 33.7 Å². The topological polar surface area (TPSA) is 119 Å². The van der Waals surface area contributed by atoms with Crippen LogP contribution in [0.4, 0.5) is 0 Å². The van der Waals surface area contributed by atoms with Gasteiger partial charge in [-0.1, -0.05) is 44.1 Å². The molecule has 36 heavy (non-hydrogen) atoms. The molecule has 0 saturated heterocycles. The number of amides is 1. The molecule has 4 aromatic heterocycles. The predicted molar refractivity (Wildman–Crippen MR) is 133 cm³/mol. The fourth-order valence-corrected chi connectivity index (χ4v) is 4.48. The van der Waals surface area contributed by atoms with E-state index in [4.69, 9.17) is 4.52 Å². The number of carbonyl (C=O) groups is 1. The molecule has 0 unspecified atom stereocenters. The molecule has 6 rings (SSSR count). The molecule has 1 N–H and O–H groups in total. The van der Waals surface area contributed by atoms with E-state index in [1.165, 1.54) is 5.56 Å². The summed E-state index contributed by atoms with van der Waals surface area (Å²) in [6.07, 6.45) is 6.22. The minimum atomic E-state index is -0.279. The van der Waals surface area contributed by atoms with Crippen molar-refractivity contribution in [3.63, 3.8) is 0 Å². The molecule has 1 amide bonds. The Kier molecular flexibility index (Phi) is 4.99. The summed E-state index contributed by atoms with van der Waals surface area (Å²) in [7, 11) is 1.88. The Balaban J connectivity index is 1.27. The number of hydrogen-bond donors (Lipinski definition) is 1. The summed E-state index contributed by atoms with van der Waals surface area (Å²) >= 11 is 0. The minimum absolute atomic E-state index is 0.0443. The summed E-state index contributed by atoms with van der Waals surface area (Å²) in [6, 6.07) is 8.36. The van der Waals surface area contributed by atoms with E-state index in [-0.39, 0.29) is 17.2 Å². The van der Waals surface area contributed by atoms with Crippen molar-refractivity contribution in [3.8, 4) is 22.5 Å². The lowest BCUT2D eigenvalue weighted by Gasteiger charge is -2.28. The third-order valence-electron chi connectivity index (χ3n) is 6.47. The number of carbonyl (C=O) groups excluding carboxylic acids is 1. The number of H-pyrrole nitrogens is 1. The first kappa shape index (κ1) is 22.1. The van der Waals surface area contributed by atoms with Crippen molar-refractivity contribution in [2.75, 3.05) is 6.54 Å². The van der Waals surface area contributed by atoms with Crippen molar-refractivity contribution in [3.05, 3.63) is 65.7 Å². The molecule has 0 bridgehead atoms. The monoisotopic (exact) mass is 482 g/mol. The Bertz CT molecular complexity index is 1600. The normalized spacial score (nSPS) is 13.8. The number of benzene rings is 1. The number of nitrogens with zero attached hydrogens (tertiary/aromatic N) is 7. The molecule has 5 aromatic rings. The first-order chi connectivity index (χ1) is 17.3. The van der Waals surface area contributed by atoms with Gasteiger partial charge in [0.25, 0.3) is 0 Å². The molecule has 1 aliphatic heterocycles. The highest BCUT2D eigenvalue weighted by Gasteiger charge is 2.29.